The number of nitrogens with one attached hydrogen (secondary N) is 2. The van der Waals surface area contributed by atoms with Gasteiger partial charge in [-0.05, 0) is 59.9 Å². The number of pyridine rings is 1. The second-order valence-corrected chi connectivity index (χ2v) is 10.7. The van der Waals surface area contributed by atoms with Crippen LogP contribution in [0, 0.1) is 6.92 Å². The van der Waals surface area contributed by atoms with Crippen molar-refractivity contribution in [2.24, 2.45) is 0 Å². The largest absolute Gasteiger partial charge is 0.344 e. The molecule has 3 rings (SSSR count). The number of rotatable bonds is 5. The minimum Gasteiger partial charge on any atom is -0.344 e. The highest BCUT2D eigenvalue weighted by molar-refractivity contribution is 7.92. The van der Waals surface area contributed by atoms with Gasteiger partial charge in [0.1, 0.15) is 0 Å². The molecule has 1 heterocycles. The quantitative estimate of drug-likeness (QED) is 0.603. The lowest BCUT2D eigenvalue weighted by molar-refractivity contribution is 0.0939. The van der Waals surface area contributed by atoms with Crippen LogP contribution in [0.4, 0.5) is 5.69 Å². The van der Waals surface area contributed by atoms with Crippen LogP contribution in [-0.2, 0) is 15.4 Å². The zero-order valence-corrected chi connectivity index (χ0v) is 19.6. The molecule has 0 spiro atoms. The number of carbonyl (C=O) groups is 1. The Kier molecular flexibility index (Phi) is 6.09. The van der Waals surface area contributed by atoms with E-state index in [4.69, 9.17) is 0 Å². The number of nitrogens with zero attached hydrogens (tertiary/aromatic N) is 1. The molecule has 1 aromatic heterocycles. The van der Waals surface area contributed by atoms with E-state index >= 15 is 0 Å². The van der Waals surface area contributed by atoms with Gasteiger partial charge < -0.3 is 5.32 Å². The van der Waals surface area contributed by atoms with Gasteiger partial charge in [-0.2, -0.15) is 0 Å². The van der Waals surface area contributed by atoms with Gasteiger partial charge in [-0.25, -0.2) is 8.42 Å². The Balaban J connectivity index is 1.77. The minimum atomic E-state index is -3.38. The van der Waals surface area contributed by atoms with E-state index in [1.807, 2.05) is 25.1 Å². The van der Waals surface area contributed by atoms with Gasteiger partial charge in [0.2, 0.25) is 10.0 Å². The molecule has 0 unspecified atom stereocenters. The summed E-state index contributed by atoms with van der Waals surface area (Å²) in [6.07, 6.45) is 1.09. The zero-order chi connectivity index (χ0) is 23.0. The van der Waals surface area contributed by atoms with Crippen molar-refractivity contribution in [2.45, 2.75) is 46.1 Å². The van der Waals surface area contributed by atoms with Gasteiger partial charge in [-0.15, -0.1) is 0 Å². The fraction of sp³-hybridized carbons (Fsp3) is 0.333. The molecule has 0 radical (unpaired) electrons. The molecule has 31 heavy (non-hydrogen) atoms. The number of carbonyl (C=O) groups excluding carboxylic acids is 1. The summed E-state index contributed by atoms with van der Waals surface area (Å²) < 4.78 is 25.3. The minimum absolute atomic E-state index is 0.0667. The number of amides is 1. The summed E-state index contributed by atoms with van der Waals surface area (Å²) in [4.78, 5) is 17.3. The highest BCUT2D eigenvalue weighted by Gasteiger charge is 2.16. The molecule has 164 valence electrons. The van der Waals surface area contributed by atoms with Crippen molar-refractivity contribution in [3.05, 3.63) is 71.0 Å². The van der Waals surface area contributed by atoms with Crippen LogP contribution in [0.25, 0.3) is 10.8 Å². The molecule has 0 saturated heterocycles. The van der Waals surface area contributed by atoms with E-state index in [0.29, 0.717) is 22.6 Å². The van der Waals surface area contributed by atoms with E-state index in [1.54, 1.807) is 19.1 Å². The molecular weight excluding hydrogens is 410 g/mol. The van der Waals surface area contributed by atoms with Crippen LogP contribution >= 0.6 is 0 Å². The average molecular weight is 440 g/mol. The van der Waals surface area contributed by atoms with Gasteiger partial charge >= 0.3 is 0 Å². The summed E-state index contributed by atoms with van der Waals surface area (Å²) in [6.45, 7) is 10.1. The first-order valence-corrected chi connectivity index (χ1v) is 12.0. The predicted molar refractivity (Wildman–Crippen MR) is 126 cm³/mol. The van der Waals surface area contributed by atoms with Crippen LogP contribution < -0.4 is 10.0 Å². The fourth-order valence-corrected chi connectivity index (χ4v) is 3.95. The summed E-state index contributed by atoms with van der Waals surface area (Å²) in [7, 11) is -3.38. The molecule has 7 heteroatoms. The highest BCUT2D eigenvalue weighted by Crippen LogP contribution is 2.27. The Morgan fingerprint density at radius 2 is 1.65 bits per heavy atom. The average Bonchev–Trinajstić information content (AvgIpc) is 2.66. The molecule has 1 amide bonds. The van der Waals surface area contributed by atoms with Gasteiger partial charge in [-0.1, -0.05) is 45.0 Å². The zero-order valence-electron chi connectivity index (χ0n) is 18.8. The molecule has 0 saturated carbocycles. The molecule has 0 bridgehead atoms. The third kappa shape index (κ3) is 5.61. The maximum Gasteiger partial charge on any atom is 0.251 e. The van der Waals surface area contributed by atoms with Crippen molar-refractivity contribution < 1.29 is 13.2 Å². The Morgan fingerprint density at radius 1 is 1.00 bits per heavy atom. The van der Waals surface area contributed by atoms with Crippen LogP contribution in [0.5, 0.6) is 0 Å². The number of hydrogen-bond donors (Lipinski definition) is 2. The third-order valence-corrected chi connectivity index (χ3v) is 5.75. The SMILES string of the molecule is Cc1nc([C@H](C)NC(=O)c2ccc3cc(C(C)(C)C)ccc3c2)ccc1NS(C)(=O)=O. The topological polar surface area (TPSA) is 88.2 Å². The first-order chi connectivity index (χ1) is 14.3. The molecule has 0 aliphatic carbocycles. The number of fused-ring (bicyclic) bond motifs is 1. The van der Waals surface area contributed by atoms with Crippen molar-refractivity contribution in [3.8, 4) is 0 Å². The van der Waals surface area contributed by atoms with Crippen molar-refractivity contribution in [2.75, 3.05) is 11.0 Å². The maximum absolute atomic E-state index is 12.8. The number of aryl methyl sites for hydroxylation is 1. The van der Waals surface area contributed by atoms with Gasteiger partial charge in [0.05, 0.1) is 29.4 Å². The second-order valence-electron chi connectivity index (χ2n) is 8.97. The predicted octanol–water partition coefficient (Wildman–Crippen LogP) is 4.70. The highest BCUT2D eigenvalue weighted by atomic mass is 32.2. The Bertz CT molecular complexity index is 1240. The summed E-state index contributed by atoms with van der Waals surface area (Å²) in [5.74, 6) is -0.188. The van der Waals surface area contributed by atoms with E-state index in [2.05, 4.69) is 54.0 Å². The van der Waals surface area contributed by atoms with Gasteiger partial charge in [0, 0.05) is 5.56 Å². The molecule has 6 nitrogen and oxygen atoms in total. The lowest BCUT2D eigenvalue weighted by Gasteiger charge is -2.19. The number of anilines is 1. The lowest BCUT2D eigenvalue weighted by Crippen LogP contribution is -2.27. The molecule has 0 fully saturated rings. The van der Waals surface area contributed by atoms with E-state index in [9.17, 15) is 13.2 Å². The van der Waals surface area contributed by atoms with Crippen LogP contribution in [0.15, 0.2) is 48.5 Å². The lowest BCUT2D eigenvalue weighted by atomic mass is 9.86. The van der Waals surface area contributed by atoms with Crippen molar-refractivity contribution in [1.29, 1.82) is 0 Å². The van der Waals surface area contributed by atoms with Crippen LogP contribution in [0.1, 0.15) is 61.0 Å². The van der Waals surface area contributed by atoms with Gasteiger partial charge in [0.25, 0.3) is 5.91 Å². The number of hydrogen-bond acceptors (Lipinski definition) is 4. The molecule has 1 atom stereocenters. The van der Waals surface area contributed by atoms with E-state index in [0.717, 1.165) is 17.0 Å². The standard InChI is InChI=1S/C24H29N3O3S/c1-15(21-11-12-22(16(2)25-21)27-31(6,29)30)26-23(28)19-8-7-18-14-20(24(3,4)5)10-9-17(18)13-19/h7-15,27H,1-6H3,(H,26,28)/t15-/m0/s1. The summed E-state index contributed by atoms with van der Waals surface area (Å²) >= 11 is 0. The molecule has 2 aromatic carbocycles. The maximum atomic E-state index is 12.8. The smallest absolute Gasteiger partial charge is 0.251 e. The first kappa shape index (κ1) is 22.7. The third-order valence-electron chi connectivity index (χ3n) is 5.16. The van der Waals surface area contributed by atoms with E-state index in [-0.39, 0.29) is 17.4 Å². The molecule has 2 N–H and O–H groups in total. The first-order valence-electron chi connectivity index (χ1n) is 10.1. The monoisotopic (exact) mass is 439 g/mol. The normalized spacial score (nSPS) is 13.1. The number of benzene rings is 2. The van der Waals surface area contributed by atoms with Crippen LogP contribution in [0.3, 0.4) is 0 Å². The van der Waals surface area contributed by atoms with Crippen molar-refractivity contribution in [3.63, 3.8) is 0 Å². The molecule has 0 aliphatic rings. The molecule has 0 aliphatic heterocycles. The van der Waals surface area contributed by atoms with Gasteiger partial charge in [-0.3, -0.25) is 14.5 Å². The van der Waals surface area contributed by atoms with Crippen LogP contribution in [-0.4, -0.2) is 25.6 Å². The van der Waals surface area contributed by atoms with Crippen LogP contribution in [0.2, 0.25) is 0 Å². The van der Waals surface area contributed by atoms with Crippen molar-refractivity contribution in [1.82, 2.24) is 10.3 Å². The summed E-state index contributed by atoms with van der Waals surface area (Å²) in [5, 5.41) is 5.08. The fourth-order valence-electron chi connectivity index (χ4n) is 3.34. The Hall–Kier alpha value is -2.93. The van der Waals surface area contributed by atoms with E-state index in [1.165, 1.54) is 5.56 Å². The summed E-state index contributed by atoms with van der Waals surface area (Å²) in [5.41, 5.74) is 3.52. The molecular formula is C24H29N3O3S. The van der Waals surface area contributed by atoms with E-state index < -0.39 is 10.0 Å². The second kappa shape index (κ2) is 8.30. The number of aromatic nitrogens is 1. The Labute approximate surface area is 184 Å². The van der Waals surface area contributed by atoms with Gasteiger partial charge in [0.15, 0.2) is 0 Å². The molecule has 3 aromatic rings. The van der Waals surface area contributed by atoms with Crippen molar-refractivity contribution >= 4 is 32.4 Å². The number of sulfonamides is 1. The summed E-state index contributed by atoms with van der Waals surface area (Å²) in [6, 6.07) is 15.0. The Morgan fingerprint density at radius 3 is 2.26 bits per heavy atom.